The van der Waals surface area contributed by atoms with E-state index in [9.17, 15) is 4.79 Å². The van der Waals surface area contributed by atoms with Crippen LogP contribution >= 0.6 is 11.8 Å². The molecule has 0 saturated heterocycles. The molecule has 0 bridgehead atoms. The van der Waals surface area contributed by atoms with E-state index < -0.39 is 0 Å². The normalized spacial score (nSPS) is 15.4. The molecule has 1 aliphatic rings. The molecule has 0 radical (unpaired) electrons. The first kappa shape index (κ1) is 14.9. The number of nitrogens with zero attached hydrogens (tertiary/aromatic N) is 2. The topological polar surface area (TPSA) is 53.9 Å². The molecule has 1 aromatic carbocycles. The van der Waals surface area contributed by atoms with E-state index in [1.165, 1.54) is 0 Å². The SMILES string of the molecule is COc1ccc(C(C)=O)cc1CSC1=NCN(C)CN1. The minimum absolute atomic E-state index is 0.0636. The molecule has 1 N–H and O–H groups in total. The standard InChI is InChI=1S/C14H19N3O2S/c1-10(18)11-4-5-13(19-3)12(6-11)7-20-14-15-8-17(2)9-16-14/h4-6H,7-9H2,1-3H3,(H,15,16). The molecule has 0 atom stereocenters. The summed E-state index contributed by atoms with van der Waals surface area (Å²) in [5.74, 6) is 1.59. The van der Waals surface area contributed by atoms with E-state index in [4.69, 9.17) is 4.74 Å². The third-order valence-corrected chi connectivity index (χ3v) is 4.01. The van der Waals surface area contributed by atoms with Crippen LogP contribution in [0.5, 0.6) is 5.75 Å². The number of nitrogens with one attached hydrogen (secondary N) is 1. The number of hydrogen-bond donors (Lipinski definition) is 1. The van der Waals surface area contributed by atoms with Crippen LogP contribution in [0.2, 0.25) is 0 Å². The molecule has 108 valence electrons. The van der Waals surface area contributed by atoms with E-state index in [-0.39, 0.29) is 5.78 Å². The molecule has 0 fully saturated rings. The first-order valence-corrected chi connectivity index (χ1v) is 7.36. The van der Waals surface area contributed by atoms with Gasteiger partial charge in [0.25, 0.3) is 0 Å². The van der Waals surface area contributed by atoms with Crippen molar-refractivity contribution in [3.63, 3.8) is 0 Å². The number of aliphatic imine (C=N–C) groups is 1. The van der Waals surface area contributed by atoms with Gasteiger partial charge in [-0.2, -0.15) is 0 Å². The van der Waals surface area contributed by atoms with Crippen LogP contribution in [0.15, 0.2) is 23.2 Å². The van der Waals surface area contributed by atoms with Gasteiger partial charge in [-0.3, -0.25) is 9.69 Å². The van der Waals surface area contributed by atoms with Crippen molar-refractivity contribution in [3.8, 4) is 5.75 Å². The van der Waals surface area contributed by atoms with Crippen molar-refractivity contribution in [2.24, 2.45) is 4.99 Å². The summed E-state index contributed by atoms with van der Waals surface area (Å²) in [6, 6.07) is 5.53. The minimum Gasteiger partial charge on any atom is -0.496 e. The Morgan fingerprint density at radius 3 is 2.95 bits per heavy atom. The lowest BCUT2D eigenvalue weighted by Gasteiger charge is -2.22. The second-order valence-corrected chi connectivity index (χ2v) is 5.63. The van der Waals surface area contributed by atoms with Crippen molar-refractivity contribution in [2.45, 2.75) is 12.7 Å². The van der Waals surface area contributed by atoms with Crippen molar-refractivity contribution in [2.75, 3.05) is 27.5 Å². The van der Waals surface area contributed by atoms with E-state index in [0.717, 1.165) is 28.9 Å². The predicted molar refractivity (Wildman–Crippen MR) is 82.4 cm³/mol. The molecule has 1 aliphatic heterocycles. The van der Waals surface area contributed by atoms with Crippen LogP contribution in [0.25, 0.3) is 0 Å². The zero-order chi connectivity index (χ0) is 14.5. The number of ketones is 1. The fraction of sp³-hybridized carbons (Fsp3) is 0.429. The van der Waals surface area contributed by atoms with Gasteiger partial charge in [-0.1, -0.05) is 11.8 Å². The average molecular weight is 293 g/mol. The number of methoxy groups -OCH3 is 1. The van der Waals surface area contributed by atoms with Crippen LogP contribution in [0.3, 0.4) is 0 Å². The molecule has 1 aromatic rings. The van der Waals surface area contributed by atoms with Gasteiger partial charge in [0.15, 0.2) is 11.0 Å². The van der Waals surface area contributed by atoms with Crippen molar-refractivity contribution < 1.29 is 9.53 Å². The molecule has 0 saturated carbocycles. The Morgan fingerprint density at radius 2 is 2.35 bits per heavy atom. The summed E-state index contributed by atoms with van der Waals surface area (Å²) in [6.07, 6.45) is 0. The second kappa shape index (κ2) is 6.76. The predicted octanol–water partition coefficient (Wildman–Crippen LogP) is 1.94. The Kier molecular flexibility index (Phi) is 5.03. The minimum atomic E-state index is 0.0636. The molecule has 6 heteroatoms. The number of hydrogen-bond acceptors (Lipinski definition) is 6. The largest absolute Gasteiger partial charge is 0.496 e. The summed E-state index contributed by atoms with van der Waals surface area (Å²) in [7, 11) is 3.65. The quantitative estimate of drug-likeness (QED) is 0.860. The molecule has 0 amide bonds. The summed E-state index contributed by atoms with van der Waals surface area (Å²) in [5.41, 5.74) is 1.72. The lowest BCUT2D eigenvalue weighted by atomic mass is 10.1. The van der Waals surface area contributed by atoms with Crippen LogP contribution in [-0.4, -0.2) is 43.3 Å². The Balaban J connectivity index is 2.07. The lowest BCUT2D eigenvalue weighted by molar-refractivity contribution is 0.101. The molecule has 1 heterocycles. The van der Waals surface area contributed by atoms with Gasteiger partial charge in [-0.05, 0) is 32.2 Å². The summed E-state index contributed by atoms with van der Waals surface area (Å²) < 4.78 is 5.34. The van der Waals surface area contributed by atoms with Crippen LogP contribution in [0.4, 0.5) is 0 Å². The third-order valence-electron chi connectivity index (χ3n) is 3.01. The summed E-state index contributed by atoms with van der Waals surface area (Å²) in [6.45, 7) is 3.08. The van der Waals surface area contributed by atoms with E-state index in [0.29, 0.717) is 12.2 Å². The third kappa shape index (κ3) is 3.74. The van der Waals surface area contributed by atoms with Gasteiger partial charge < -0.3 is 10.1 Å². The lowest BCUT2D eigenvalue weighted by Crippen LogP contribution is -2.39. The number of ether oxygens (including phenoxy) is 1. The number of thioether (sulfide) groups is 1. The van der Waals surface area contributed by atoms with Gasteiger partial charge >= 0.3 is 0 Å². The molecule has 2 rings (SSSR count). The van der Waals surface area contributed by atoms with E-state index >= 15 is 0 Å². The van der Waals surface area contributed by atoms with Crippen molar-refractivity contribution >= 4 is 22.7 Å². The number of carbonyl (C=O) groups excluding carboxylic acids is 1. The van der Waals surface area contributed by atoms with Gasteiger partial charge in [0.2, 0.25) is 0 Å². The molecule has 0 spiro atoms. The highest BCUT2D eigenvalue weighted by atomic mass is 32.2. The van der Waals surface area contributed by atoms with Crippen molar-refractivity contribution in [1.82, 2.24) is 10.2 Å². The van der Waals surface area contributed by atoms with E-state index in [1.807, 2.05) is 19.2 Å². The maximum Gasteiger partial charge on any atom is 0.159 e. The maximum atomic E-state index is 11.5. The Hall–Kier alpha value is -1.53. The van der Waals surface area contributed by atoms with Gasteiger partial charge in [0.1, 0.15) is 5.75 Å². The molecular weight excluding hydrogens is 274 g/mol. The summed E-state index contributed by atoms with van der Waals surface area (Å²) in [4.78, 5) is 18.0. The van der Waals surface area contributed by atoms with Crippen LogP contribution in [0, 0.1) is 0 Å². The van der Waals surface area contributed by atoms with Crippen molar-refractivity contribution in [3.05, 3.63) is 29.3 Å². The number of carbonyl (C=O) groups is 1. The molecule has 0 aromatic heterocycles. The maximum absolute atomic E-state index is 11.5. The first-order chi connectivity index (χ1) is 9.60. The van der Waals surface area contributed by atoms with E-state index in [2.05, 4.69) is 15.2 Å². The zero-order valence-corrected chi connectivity index (χ0v) is 12.8. The molecular formula is C14H19N3O2S. The smallest absolute Gasteiger partial charge is 0.159 e. The van der Waals surface area contributed by atoms with Crippen LogP contribution in [0.1, 0.15) is 22.8 Å². The highest BCUT2D eigenvalue weighted by Gasteiger charge is 2.12. The molecule has 20 heavy (non-hydrogen) atoms. The van der Waals surface area contributed by atoms with Crippen LogP contribution in [-0.2, 0) is 5.75 Å². The number of amidine groups is 1. The van der Waals surface area contributed by atoms with Crippen molar-refractivity contribution in [1.29, 1.82) is 0 Å². The van der Waals surface area contributed by atoms with Gasteiger partial charge in [0, 0.05) is 16.9 Å². The highest BCUT2D eigenvalue weighted by Crippen LogP contribution is 2.25. The van der Waals surface area contributed by atoms with Crippen LogP contribution < -0.4 is 10.1 Å². The summed E-state index contributed by atoms with van der Waals surface area (Å²) >= 11 is 1.62. The van der Waals surface area contributed by atoms with Gasteiger partial charge in [0.05, 0.1) is 20.4 Å². The Labute approximate surface area is 123 Å². The zero-order valence-electron chi connectivity index (χ0n) is 12.0. The number of benzene rings is 1. The van der Waals surface area contributed by atoms with Gasteiger partial charge in [-0.25, -0.2) is 4.99 Å². The number of Topliss-reactive ketones (excluding diaryl/α,β-unsaturated/α-hetero) is 1. The number of rotatable bonds is 4. The highest BCUT2D eigenvalue weighted by molar-refractivity contribution is 8.13. The fourth-order valence-electron chi connectivity index (χ4n) is 1.85. The second-order valence-electron chi connectivity index (χ2n) is 4.67. The Bertz CT molecular complexity index is 531. The average Bonchev–Trinajstić information content (AvgIpc) is 2.46. The first-order valence-electron chi connectivity index (χ1n) is 6.37. The fourth-order valence-corrected chi connectivity index (χ4v) is 2.68. The molecule has 5 nitrogen and oxygen atoms in total. The van der Waals surface area contributed by atoms with Gasteiger partial charge in [-0.15, -0.1) is 0 Å². The Morgan fingerprint density at radius 1 is 1.55 bits per heavy atom. The molecule has 0 aliphatic carbocycles. The monoisotopic (exact) mass is 293 g/mol. The summed E-state index contributed by atoms with van der Waals surface area (Å²) in [5, 5.41) is 4.17. The molecule has 0 unspecified atom stereocenters. The van der Waals surface area contributed by atoms with E-state index in [1.54, 1.807) is 31.9 Å².